The Kier molecular flexibility index (Phi) is 8.34. The lowest BCUT2D eigenvalue weighted by Crippen LogP contribution is -2.48. The van der Waals surface area contributed by atoms with Crippen LogP contribution in [0.1, 0.15) is 66.2 Å². The molecular formula is C14H32O2Si. The SMILES string of the molecule is CCCCCCCC[Si](OC)(OC)C(C)(C)C. The minimum atomic E-state index is -2.01. The largest absolute Gasteiger partial charge is 0.397 e. The monoisotopic (exact) mass is 260 g/mol. The molecule has 17 heavy (non-hydrogen) atoms. The van der Waals surface area contributed by atoms with Crippen molar-refractivity contribution < 1.29 is 8.85 Å². The summed E-state index contributed by atoms with van der Waals surface area (Å²) in [5.74, 6) is 0. The third-order valence-corrected chi connectivity index (χ3v) is 8.28. The average molecular weight is 260 g/mol. The summed E-state index contributed by atoms with van der Waals surface area (Å²) in [7, 11) is 1.62. The molecule has 0 unspecified atom stereocenters. The Morgan fingerprint density at radius 3 is 1.71 bits per heavy atom. The molecule has 0 aliphatic heterocycles. The maximum Gasteiger partial charge on any atom is 0.343 e. The van der Waals surface area contributed by atoms with Crippen LogP contribution in [0.2, 0.25) is 11.1 Å². The lowest BCUT2D eigenvalue weighted by molar-refractivity contribution is 0.212. The van der Waals surface area contributed by atoms with Gasteiger partial charge < -0.3 is 8.85 Å². The molecule has 2 nitrogen and oxygen atoms in total. The summed E-state index contributed by atoms with van der Waals surface area (Å²) in [5, 5.41) is 0.153. The van der Waals surface area contributed by atoms with Gasteiger partial charge in [-0.1, -0.05) is 66.2 Å². The summed E-state index contributed by atoms with van der Waals surface area (Å²) in [5.41, 5.74) is 0. The van der Waals surface area contributed by atoms with Gasteiger partial charge in [0.2, 0.25) is 0 Å². The van der Waals surface area contributed by atoms with E-state index in [2.05, 4.69) is 27.7 Å². The topological polar surface area (TPSA) is 18.5 Å². The van der Waals surface area contributed by atoms with Gasteiger partial charge in [-0.25, -0.2) is 0 Å². The molecule has 0 aliphatic rings. The Bertz CT molecular complexity index is 183. The number of hydrogen-bond acceptors (Lipinski definition) is 2. The van der Waals surface area contributed by atoms with Crippen LogP contribution in [0.3, 0.4) is 0 Å². The van der Waals surface area contributed by atoms with E-state index in [0.29, 0.717) is 0 Å². The molecule has 0 bridgehead atoms. The molecule has 0 radical (unpaired) electrons. The van der Waals surface area contributed by atoms with Crippen molar-refractivity contribution in [1.29, 1.82) is 0 Å². The van der Waals surface area contributed by atoms with E-state index in [-0.39, 0.29) is 5.04 Å². The van der Waals surface area contributed by atoms with Gasteiger partial charge in [0.25, 0.3) is 0 Å². The number of hydrogen-bond donors (Lipinski definition) is 0. The van der Waals surface area contributed by atoms with Gasteiger partial charge in [-0.2, -0.15) is 0 Å². The maximum atomic E-state index is 5.80. The van der Waals surface area contributed by atoms with E-state index in [0.717, 1.165) is 6.04 Å². The van der Waals surface area contributed by atoms with Gasteiger partial charge in [0.15, 0.2) is 0 Å². The molecule has 0 saturated heterocycles. The summed E-state index contributed by atoms with van der Waals surface area (Å²) >= 11 is 0. The first kappa shape index (κ1) is 17.1. The molecule has 0 fully saturated rings. The molecule has 0 spiro atoms. The number of unbranched alkanes of at least 4 members (excludes halogenated alkanes) is 5. The molecule has 0 aromatic heterocycles. The highest BCUT2D eigenvalue weighted by atomic mass is 28.4. The van der Waals surface area contributed by atoms with Crippen LogP contribution in [0.5, 0.6) is 0 Å². The van der Waals surface area contributed by atoms with Crippen molar-refractivity contribution in [3.8, 4) is 0 Å². The first-order chi connectivity index (χ1) is 7.93. The predicted molar refractivity (Wildman–Crippen MR) is 77.7 cm³/mol. The van der Waals surface area contributed by atoms with Gasteiger partial charge >= 0.3 is 8.56 Å². The molecule has 3 heteroatoms. The summed E-state index contributed by atoms with van der Waals surface area (Å²) in [6, 6.07) is 1.12. The molecule has 0 atom stereocenters. The van der Waals surface area contributed by atoms with Crippen molar-refractivity contribution in [3.63, 3.8) is 0 Å². The summed E-state index contributed by atoms with van der Waals surface area (Å²) in [6.45, 7) is 8.98. The smallest absolute Gasteiger partial charge is 0.343 e. The van der Waals surface area contributed by atoms with E-state index in [1.807, 2.05) is 14.2 Å². The van der Waals surface area contributed by atoms with Crippen LogP contribution >= 0.6 is 0 Å². The second kappa shape index (κ2) is 8.28. The van der Waals surface area contributed by atoms with Crippen molar-refractivity contribution in [1.82, 2.24) is 0 Å². The molecule has 0 N–H and O–H groups in total. The van der Waals surface area contributed by atoms with Gasteiger partial charge in [-0.05, 0) is 6.04 Å². The van der Waals surface area contributed by atoms with Crippen LogP contribution in [0.4, 0.5) is 0 Å². The number of rotatable bonds is 9. The van der Waals surface area contributed by atoms with E-state index in [9.17, 15) is 0 Å². The van der Waals surface area contributed by atoms with Crippen LogP contribution in [-0.4, -0.2) is 22.8 Å². The Balaban J connectivity index is 4.02. The van der Waals surface area contributed by atoms with Crippen molar-refractivity contribution in [3.05, 3.63) is 0 Å². The van der Waals surface area contributed by atoms with E-state index in [1.165, 1.54) is 38.5 Å². The zero-order valence-electron chi connectivity index (χ0n) is 12.8. The molecule has 0 aromatic carbocycles. The Hall–Kier alpha value is 0.137. The fourth-order valence-corrected chi connectivity index (χ4v) is 5.68. The Morgan fingerprint density at radius 2 is 1.29 bits per heavy atom. The average Bonchev–Trinajstić information content (AvgIpc) is 2.27. The fraction of sp³-hybridized carbons (Fsp3) is 1.00. The maximum absolute atomic E-state index is 5.80. The normalized spacial score (nSPS) is 13.1. The van der Waals surface area contributed by atoms with Crippen LogP contribution in [-0.2, 0) is 8.85 Å². The highest BCUT2D eigenvalue weighted by Crippen LogP contribution is 2.40. The summed E-state index contributed by atoms with van der Waals surface area (Å²) in [6.07, 6.45) is 7.98. The van der Waals surface area contributed by atoms with Crippen molar-refractivity contribution in [2.75, 3.05) is 14.2 Å². The minimum Gasteiger partial charge on any atom is -0.397 e. The van der Waals surface area contributed by atoms with Crippen molar-refractivity contribution in [2.45, 2.75) is 77.3 Å². The van der Waals surface area contributed by atoms with Gasteiger partial charge in [-0.3, -0.25) is 0 Å². The van der Waals surface area contributed by atoms with Crippen molar-refractivity contribution in [2.24, 2.45) is 0 Å². The highest BCUT2D eigenvalue weighted by Gasteiger charge is 2.47. The molecule has 0 saturated carbocycles. The Morgan fingerprint density at radius 1 is 0.824 bits per heavy atom. The standard InChI is InChI=1S/C14H32O2Si/c1-7-8-9-10-11-12-13-17(15-5,16-6)14(2,3)4/h7-13H2,1-6H3. The van der Waals surface area contributed by atoms with E-state index < -0.39 is 8.56 Å². The third-order valence-electron chi connectivity index (χ3n) is 3.66. The predicted octanol–water partition coefficient (Wildman–Crippen LogP) is 4.88. The molecule has 0 heterocycles. The first-order valence-corrected chi connectivity index (χ1v) is 9.06. The molecule has 0 aromatic rings. The van der Waals surface area contributed by atoms with E-state index in [4.69, 9.17) is 8.85 Å². The Labute approximate surface area is 109 Å². The second-order valence-corrected chi connectivity index (χ2v) is 10.3. The molecule has 0 amide bonds. The lowest BCUT2D eigenvalue weighted by Gasteiger charge is -2.38. The zero-order chi connectivity index (χ0) is 13.4. The minimum absolute atomic E-state index is 0.153. The highest BCUT2D eigenvalue weighted by molar-refractivity contribution is 6.70. The fourth-order valence-electron chi connectivity index (χ4n) is 2.41. The molecular weight excluding hydrogens is 228 g/mol. The van der Waals surface area contributed by atoms with Crippen LogP contribution in [0.25, 0.3) is 0 Å². The first-order valence-electron chi connectivity index (χ1n) is 7.04. The second-order valence-electron chi connectivity index (χ2n) is 5.93. The molecule has 0 aliphatic carbocycles. The quantitative estimate of drug-likeness (QED) is 0.434. The third kappa shape index (κ3) is 5.54. The van der Waals surface area contributed by atoms with Gasteiger partial charge in [0.05, 0.1) is 0 Å². The lowest BCUT2D eigenvalue weighted by atomic mass is 10.1. The van der Waals surface area contributed by atoms with Gasteiger partial charge in [0.1, 0.15) is 0 Å². The van der Waals surface area contributed by atoms with Crippen LogP contribution in [0.15, 0.2) is 0 Å². The molecule has 0 rings (SSSR count). The van der Waals surface area contributed by atoms with Crippen molar-refractivity contribution >= 4 is 8.56 Å². The van der Waals surface area contributed by atoms with E-state index in [1.54, 1.807) is 0 Å². The van der Waals surface area contributed by atoms with Crippen LogP contribution in [0, 0.1) is 0 Å². The summed E-state index contributed by atoms with van der Waals surface area (Å²) in [4.78, 5) is 0. The molecule has 104 valence electrons. The van der Waals surface area contributed by atoms with E-state index >= 15 is 0 Å². The van der Waals surface area contributed by atoms with Crippen LogP contribution < -0.4 is 0 Å². The van der Waals surface area contributed by atoms with Gasteiger partial charge in [-0.15, -0.1) is 0 Å². The summed E-state index contributed by atoms with van der Waals surface area (Å²) < 4.78 is 11.6. The zero-order valence-corrected chi connectivity index (χ0v) is 13.8. The van der Waals surface area contributed by atoms with Gasteiger partial charge in [0, 0.05) is 19.3 Å².